The van der Waals surface area contributed by atoms with Gasteiger partial charge in [0.1, 0.15) is 11.6 Å². The van der Waals surface area contributed by atoms with Gasteiger partial charge in [0.2, 0.25) is 0 Å². The van der Waals surface area contributed by atoms with Gasteiger partial charge >= 0.3 is 0 Å². The summed E-state index contributed by atoms with van der Waals surface area (Å²) in [7, 11) is 0. The van der Waals surface area contributed by atoms with Crippen molar-refractivity contribution in [2.24, 2.45) is 0 Å². The van der Waals surface area contributed by atoms with Crippen molar-refractivity contribution in [1.29, 1.82) is 0 Å². The normalized spacial score (nSPS) is 22.2. The van der Waals surface area contributed by atoms with Crippen molar-refractivity contribution in [3.8, 4) is 0 Å². The van der Waals surface area contributed by atoms with Gasteiger partial charge in [-0.2, -0.15) is 0 Å². The fourth-order valence-electron chi connectivity index (χ4n) is 1.78. The molecule has 0 unspecified atom stereocenters. The van der Waals surface area contributed by atoms with Gasteiger partial charge in [-0.15, -0.1) is 10.2 Å². The Morgan fingerprint density at radius 3 is 2.54 bits per heavy atom. The van der Waals surface area contributed by atoms with Crippen LogP contribution in [0.2, 0.25) is 0 Å². The molecule has 0 N–H and O–H groups in total. The standard InChI is InChI=1S/C9H12BrN3/c10-5-8-11-12-9(6-1-2-6)13(8)7-3-4-7/h6-7H,1-5H2. The lowest BCUT2D eigenvalue weighted by Crippen LogP contribution is -2.03. The van der Waals surface area contributed by atoms with E-state index in [0.717, 1.165) is 23.1 Å². The molecule has 4 heteroatoms. The monoisotopic (exact) mass is 241 g/mol. The quantitative estimate of drug-likeness (QED) is 0.762. The van der Waals surface area contributed by atoms with Gasteiger partial charge in [0.05, 0.1) is 5.33 Å². The van der Waals surface area contributed by atoms with E-state index in [9.17, 15) is 0 Å². The molecular weight excluding hydrogens is 230 g/mol. The summed E-state index contributed by atoms with van der Waals surface area (Å²) in [5, 5.41) is 9.35. The minimum Gasteiger partial charge on any atom is -0.311 e. The van der Waals surface area contributed by atoms with Crippen LogP contribution in [-0.2, 0) is 5.33 Å². The van der Waals surface area contributed by atoms with Crippen LogP contribution in [0.1, 0.15) is 49.3 Å². The Bertz CT molecular complexity index is 326. The predicted octanol–water partition coefficient (Wildman–Crippen LogP) is 2.39. The minimum absolute atomic E-state index is 0.721. The van der Waals surface area contributed by atoms with Crippen molar-refractivity contribution >= 4 is 15.9 Å². The minimum atomic E-state index is 0.721. The Morgan fingerprint density at radius 2 is 2.00 bits per heavy atom. The van der Waals surface area contributed by atoms with E-state index >= 15 is 0 Å². The van der Waals surface area contributed by atoms with E-state index in [0.29, 0.717) is 0 Å². The topological polar surface area (TPSA) is 30.7 Å². The molecule has 0 aliphatic heterocycles. The lowest BCUT2D eigenvalue weighted by Gasteiger charge is -2.05. The van der Waals surface area contributed by atoms with Crippen molar-refractivity contribution in [1.82, 2.24) is 14.8 Å². The van der Waals surface area contributed by atoms with Gasteiger partial charge in [0.15, 0.2) is 0 Å². The average molecular weight is 242 g/mol. The van der Waals surface area contributed by atoms with Crippen LogP contribution in [0.15, 0.2) is 0 Å². The molecule has 13 heavy (non-hydrogen) atoms. The molecule has 0 amide bonds. The second-order valence-corrected chi connectivity index (χ2v) is 4.54. The highest BCUT2D eigenvalue weighted by atomic mass is 79.9. The van der Waals surface area contributed by atoms with E-state index in [1.807, 2.05) is 0 Å². The molecule has 1 aromatic rings. The summed E-state index contributed by atoms with van der Waals surface area (Å²) in [6.45, 7) is 0. The number of hydrogen-bond acceptors (Lipinski definition) is 2. The summed E-state index contributed by atoms with van der Waals surface area (Å²) in [6.07, 6.45) is 5.26. The molecule has 2 fully saturated rings. The number of halogens is 1. The molecule has 0 spiro atoms. The molecule has 0 bridgehead atoms. The first-order valence-electron chi connectivity index (χ1n) is 4.90. The third kappa shape index (κ3) is 1.31. The zero-order valence-corrected chi connectivity index (χ0v) is 9.00. The second kappa shape index (κ2) is 2.80. The maximum atomic E-state index is 4.29. The summed E-state index contributed by atoms with van der Waals surface area (Å²) in [5.41, 5.74) is 0. The number of rotatable bonds is 3. The second-order valence-electron chi connectivity index (χ2n) is 3.98. The third-order valence-corrected chi connectivity index (χ3v) is 3.27. The van der Waals surface area contributed by atoms with Crippen LogP contribution in [0.4, 0.5) is 0 Å². The summed E-state index contributed by atoms with van der Waals surface area (Å²) in [4.78, 5) is 0. The molecule has 3 rings (SSSR count). The number of aromatic nitrogens is 3. The largest absolute Gasteiger partial charge is 0.311 e. The van der Waals surface area contributed by atoms with Crippen LogP contribution in [0.5, 0.6) is 0 Å². The first-order valence-corrected chi connectivity index (χ1v) is 6.02. The van der Waals surface area contributed by atoms with Gasteiger partial charge in [0, 0.05) is 12.0 Å². The number of alkyl halides is 1. The first kappa shape index (κ1) is 7.97. The van der Waals surface area contributed by atoms with Gasteiger partial charge in [-0.05, 0) is 25.7 Å². The Labute approximate surface area is 85.7 Å². The number of hydrogen-bond donors (Lipinski definition) is 0. The van der Waals surface area contributed by atoms with E-state index in [1.54, 1.807) is 0 Å². The van der Waals surface area contributed by atoms with Crippen LogP contribution in [0.25, 0.3) is 0 Å². The zero-order chi connectivity index (χ0) is 8.84. The maximum absolute atomic E-state index is 4.29. The van der Waals surface area contributed by atoms with Gasteiger partial charge in [-0.3, -0.25) is 0 Å². The lowest BCUT2D eigenvalue weighted by atomic mass is 10.4. The highest BCUT2D eigenvalue weighted by molar-refractivity contribution is 9.08. The van der Waals surface area contributed by atoms with Crippen molar-refractivity contribution < 1.29 is 0 Å². The molecule has 0 saturated heterocycles. The third-order valence-electron chi connectivity index (χ3n) is 2.77. The SMILES string of the molecule is BrCc1nnc(C2CC2)n1C1CC1. The van der Waals surface area contributed by atoms with E-state index < -0.39 is 0 Å². The van der Waals surface area contributed by atoms with E-state index in [4.69, 9.17) is 0 Å². The summed E-state index contributed by atoms with van der Waals surface area (Å²) < 4.78 is 2.37. The van der Waals surface area contributed by atoms with Crippen LogP contribution in [0.3, 0.4) is 0 Å². The first-order chi connectivity index (χ1) is 6.40. The van der Waals surface area contributed by atoms with Gasteiger partial charge in [-0.25, -0.2) is 0 Å². The predicted molar refractivity (Wildman–Crippen MR) is 52.9 cm³/mol. The molecule has 0 atom stereocenters. The number of nitrogens with zero attached hydrogens (tertiary/aromatic N) is 3. The highest BCUT2D eigenvalue weighted by Crippen LogP contribution is 2.44. The average Bonchev–Trinajstić information content (AvgIpc) is 3.03. The zero-order valence-electron chi connectivity index (χ0n) is 7.41. The fraction of sp³-hybridized carbons (Fsp3) is 0.778. The summed E-state index contributed by atoms with van der Waals surface area (Å²) in [5.74, 6) is 3.09. The van der Waals surface area contributed by atoms with Crippen LogP contribution >= 0.6 is 15.9 Å². The van der Waals surface area contributed by atoms with Crippen molar-refractivity contribution in [2.75, 3.05) is 0 Å². The Hall–Kier alpha value is -0.380. The Kier molecular flexibility index (Phi) is 1.72. The van der Waals surface area contributed by atoms with E-state index in [-0.39, 0.29) is 0 Å². The maximum Gasteiger partial charge on any atom is 0.143 e. The fourth-order valence-corrected chi connectivity index (χ4v) is 2.16. The van der Waals surface area contributed by atoms with Gasteiger partial charge < -0.3 is 4.57 Å². The summed E-state index contributed by atoms with van der Waals surface area (Å²) in [6, 6.07) is 0.721. The molecule has 2 aliphatic rings. The molecule has 2 aliphatic carbocycles. The van der Waals surface area contributed by atoms with Gasteiger partial charge in [-0.1, -0.05) is 15.9 Å². The van der Waals surface area contributed by atoms with Crippen LogP contribution < -0.4 is 0 Å². The van der Waals surface area contributed by atoms with E-state index in [2.05, 4.69) is 30.7 Å². The molecular formula is C9H12BrN3. The lowest BCUT2D eigenvalue weighted by molar-refractivity contribution is 0.662. The molecule has 1 aromatic heterocycles. The Morgan fingerprint density at radius 1 is 1.23 bits per heavy atom. The summed E-state index contributed by atoms with van der Waals surface area (Å²) >= 11 is 3.46. The molecule has 0 radical (unpaired) electrons. The highest BCUT2D eigenvalue weighted by Gasteiger charge is 2.35. The van der Waals surface area contributed by atoms with Crippen LogP contribution in [0, 0.1) is 0 Å². The van der Waals surface area contributed by atoms with E-state index in [1.165, 1.54) is 31.5 Å². The van der Waals surface area contributed by atoms with Crippen molar-refractivity contribution in [2.45, 2.75) is 43.0 Å². The molecule has 0 aromatic carbocycles. The molecule has 2 saturated carbocycles. The van der Waals surface area contributed by atoms with Crippen molar-refractivity contribution in [3.05, 3.63) is 11.6 Å². The van der Waals surface area contributed by atoms with Crippen LogP contribution in [-0.4, -0.2) is 14.8 Å². The smallest absolute Gasteiger partial charge is 0.143 e. The molecule has 3 nitrogen and oxygen atoms in total. The molecule has 1 heterocycles. The van der Waals surface area contributed by atoms with Crippen molar-refractivity contribution in [3.63, 3.8) is 0 Å². The molecule has 70 valence electrons. The Balaban J connectivity index is 2.01. The van der Waals surface area contributed by atoms with Gasteiger partial charge in [0.25, 0.3) is 0 Å².